The van der Waals surface area contributed by atoms with Crippen LogP contribution >= 0.6 is 0 Å². The Balaban J connectivity index is 1.62. The summed E-state index contributed by atoms with van der Waals surface area (Å²) in [5.74, 6) is 0.440. The molecule has 3 aromatic carbocycles. The first kappa shape index (κ1) is 20.5. The molecule has 0 bridgehead atoms. The molecule has 3 rings (SSSR count). The van der Waals surface area contributed by atoms with Crippen LogP contribution in [-0.2, 0) is 11.8 Å². The van der Waals surface area contributed by atoms with Crippen LogP contribution < -0.4 is 4.74 Å². The van der Waals surface area contributed by atoms with Crippen LogP contribution in [0.3, 0.4) is 0 Å². The zero-order chi connectivity index (χ0) is 20.9. The Labute approximate surface area is 170 Å². The third kappa shape index (κ3) is 5.41. The lowest BCUT2D eigenvalue weighted by molar-refractivity contribution is -0.384. The van der Waals surface area contributed by atoms with Crippen molar-refractivity contribution >= 4 is 5.69 Å². The van der Waals surface area contributed by atoms with Gasteiger partial charge in [0, 0.05) is 12.1 Å². The minimum absolute atomic E-state index is 0.0989. The summed E-state index contributed by atoms with van der Waals surface area (Å²) in [7, 11) is 0. The molecule has 150 valence electrons. The van der Waals surface area contributed by atoms with Gasteiger partial charge in [-0.1, -0.05) is 50.2 Å². The number of halogens is 1. The summed E-state index contributed by atoms with van der Waals surface area (Å²) in [6.45, 7) is 4.26. The van der Waals surface area contributed by atoms with Gasteiger partial charge in [0.05, 0.1) is 4.92 Å². The minimum atomic E-state index is -0.388. The summed E-state index contributed by atoms with van der Waals surface area (Å²) in [5, 5.41) is 10.8. The van der Waals surface area contributed by atoms with Gasteiger partial charge in [-0.15, -0.1) is 0 Å². The maximum absolute atomic E-state index is 14.1. The third-order valence-corrected chi connectivity index (χ3v) is 5.09. The molecular formula is C24H24FNO3. The van der Waals surface area contributed by atoms with Crippen molar-refractivity contribution in [3.8, 4) is 11.5 Å². The maximum Gasteiger partial charge on any atom is 0.269 e. The van der Waals surface area contributed by atoms with Gasteiger partial charge in [0.1, 0.15) is 5.75 Å². The molecule has 0 fully saturated rings. The first-order valence-electron chi connectivity index (χ1n) is 9.61. The van der Waals surface area contributed by atoms with Gasteiger partial charge in [0.2, 0.25) is 0 Å². The van der Waals surface area contributed by atoms with Crippen LogP contribution in [0.25, 0.3) is 0 Å². The third-order valence-electron chi connectivity index (χ3n) is 5.09. The molecule has 0 unspecified atom stereocenters. The lowest BCUT2D eigenvalue weighted by Crippen LogP contribution is -2.17. The van der Waals surface area contributed by atoms with Gasteiger partial charge in [-0.25, -0.2) is 4.39 Å². The van der Waals surface area contributed by atoms with Crippen LogP contribution in [0.4, 0.5) is 10.1 Å². The first-order chi connectivity index (χ1) is 13.8. The van der Waals surface area contributed by atoms with Gasteiger partial charge in [0.25, 0.3) is 5.69 Å². The van der Waals surface area contributed by atoms with Gasteiger partial charge in [-0.3, -0.25) is 10.1 Å². The van der Waals surface area contributed by atoms with E-state index in [0.29, 0.717) is 5.75 Å². The lowest BCUT2D eigenvalue weighted by Gasteiger charge is -2.25. The molecule has 0 saturated heterocycles. The van der Waals surface area contributed by atoms with Crippen molar-refractivity contribution in [2.45, 2.75) is 38.5 Å². The van der Waals surface area contributed by atoms with E-state index < -0.39 is 0 Å². The number of rotatable bonds is 8. The molecule has 4 nitrogen and oxygen atoms in total. The van der Waals surface area contributed by atoms with Crippen molar-refractivity contribution in [1.29, 1.82) is 0 Å². The Morgan fingerprint density at radius 2 is 1.69 bits per heavy atom. The van der Waals surface area contributed by atoms with Crippen molar-refractivity contribution in [3.05, 3.63) is 99.9 Å². The number of aryl methyl sites for hydroxylation is 1. The molecule has 5 heteroatoms. The van der Waals surface area contributed by atoms with E-state index in [4.69, 9.17) is 4.74 Å². The highest BCUT2D eigenvalue weighted by molar-refractivity contribution is 5.37. The van der Waals surface area contributed by atoms with Gasteiger partial charge in [0.15, 0.2) is 11.6 Å². The molecule has 29 heavy (non-hydrogen) atoms. The topological polar surface area (TPSA) is 52.4 Å². The van der Waals surface area contributed by atoms with E-state index in [1.54, 1.807) is 36.4 Å². The summed E-state index contributed by atoms with van der Waals surface area (Å²) in [5.41, 5.74) is 2.06. The number of ether oxygens (including phenoxy) is 1. The van der Waals surface area contributed by atoms with E-state index in [-0.39, 0.29) is 27.6 Å². The predicted octanol–water partition coefficient (Wildman–Crippen LogP) is 6.83. The molecule has 0 aromatic heterocycles. The number of benzene rings is 3. The summed E-state index contributed by atoms with van der Waals surface area (Å²) in [6, 6.07) is 20.9. The zero-order valence-corrected chi connectivity index (χ0v) is 16.6. The number of hydrogen-bond acceptors (Lipinski definition) is 3. The Kier molecular flexibility index (Phi) is 6.27. The molecule has 0 N–H and O–H groups in total. The molecule has 0 heterocycles. The molecule has 0 aliphatic carbocycles. The Morgan fingerprint density at radius 1 is 1.00 bits per heavy atom. The molecular weight excluding hydrogens is 369 g/mol. The predicted molar refractivity (Wildman–Crippen MR) is 112 cm³/mol. The van der Waals surface area contributed by atoms with Crippen LogP contribution in [0.5, 0.6) is 11.5 Å². The van der Waals surface area contributed by atoms with Crippen molar-refractivity contribution in [1.82, 2.24) is 0 Å². The highest BCUT2D eigenvalue weighted by Gasteiger charge is 2.21. The normalized spacial score (nSPS) is 11.3. The standard InChI is InChI=1S/C24H24FNO3/c1-24(2,19-11-13-20(14-12-19)26(27)28)16-6-7-18-10-15-22(25)23(17-18)29-21-8-4-3-5-9-21/h3-5,8-15,17H,6-7,16H2,1-2H3. The van der Waals surface area contributed by atoms with E-state index >= 15 is 0 Å². The molecule has 0 atom stereocenters. The minimum Gasteiger partial charge on any atom is -0.454 e. The number of nitro benzene ring substituents is 1. The fourth-order valence-electron chi connectivity index (χ4n) is 3.31. The van der Waals surface area contributed by atoms with Crippen molar-refractivity contribution in [2.75, 3.05) is 0 Å². The average molecular weight is 393 g/mol. The van der Waals surface area contributed by atoms with E-state index in [1.807, 2.05) is 30.3 Å². The maximum atomic E-state index is 14.1. The number of non-ortho nitro benzene ring substituents is 1. The fraction of sp³-hybridized carbons (Fsp3) is 0.250. The smallest absolute Gasteiger partial charge is 0.269 e. The van der Waals surface area contributed by atoms with Crippen LogP contribution in [0, 0.1) is 15.9 Å². The molecule has 0 amide bonds. The zero-order valence-electron chi connectivity index (χ0n) is 16.6. The molecule has 0 aliphatic heterocycles. The van der Waals surface area contributed by atoms with E-state index in [9.17, 15) is 14.5 Å². The molecule has 0 aliphatic rings. The first-order valence-corrected chi connectivity index (χ1v) is 9.61. The summed E-state index contributed by atoms with van der Waals surface area (Å²) >= 11 is 0. The van der Waals surface area contributed by atoms with Crippen LogP contribution in [-0.4, -0.2) is 4.92 Å². The Bertz CT molecular complexity index is 969. The van der Waals surface area contributed by atoms with Crippen molar-refractivity contribution in [3.63, 3.8) is 0 Å². The van der Waals surface area contributed by atoms with Gasteiger partial charge < -0.3 is 4.74 Å². The van der Waals surface area contributed by atoms with Crippen molar-refractivity contribution in [2.24, 2.45) is 0 Å². The molecule has 0 radical (unpaired) electrons. The lowest BCUT2D eigenvalue weighted by atomic mass is 9.80. The summed E-state index contributed by atoms with van der Waals surface area (Å²) < 4.78 is 19.8. The number of hydrogen-bond donors (Lipinski definition) is 0. The SMILES string of the molecule is CC(C)(CCCc1ccc(F)c(Oc2ccccc2)c1)c1ccc([N+](=O)[O-])cc1. The monoisotopic (exact) mass is 393 g/mol. The second-order valence-electron chi connectivity index (χ2n) is 7.72. The van der Waals surface area contributed by atoms with Gasteiger partial charge in [-0.2, -0.15) is 0 Å². The second-order valence-corrected chi connectivity index (χ2v) is 7.72. The van der Waals surface area contributed by atoms with E-state index in [2.05, 4.69) is 13.8 Å². The molecule has 3 aromatic rings. The largest absolute Gasteiger partial charge is 0.454 e. The quantitative estimate of drug-likeness (QED) is 0.311. The van der Waals surface area contributed by atoms with E-state index in [0.717, 1.165) is 30.4 Å². The summed E-state index contributed by atoms with van der Waals surface area (Å²) in [6.07, 6.45) is 2.60. The van der Waals surface area contributed by atoms with Gasteiger partial charge >= 0.3 is 0 Å². The summed E-state index contributed by atoms with van der Waals surface area (Å²) in [4.78, 5) is 10.4. The highest BCUT2D eigenvalue weighted by Crippen LogP contribution is 2.31. The number of nitro groups is 1. The Morgan fingerprint density at radius 3 is 2.34 bits per heavy atom. The van der Waals surface area contributed by atoms with Crippen molar-refractivity contribution < 1.29 is 14.1 Å². The van der Waals surface area contributed by atoms with Gasteiger partial charge in [-0.05, 0) is 60.1 Å². The average Bonchev–Trinajstić information content (AvgIpc) is 2.71. The van der Waals surface area contributed by atoms with Crippen LogP contribution in [0.2, 0.25) is 0 Å². The van der Waals surface area contributed by atoms with Crippen LogP contribution in [0.15, 0.2) is 72.8 Å². The Hall–Kier alpha value is -3.21. The molecule has 0 saturated carbocycles. The molecule has 0 spiro atoms. The number of nitrogens with zero attached hydrogens (tertiary/aromatic N) is 1. The fourth-order valence-corrected chi connectivity index (χ4v) is 3.31. The second kappa shape index (κ2) is 8.86. The van der Waals surface area contributed by atoms with E-state index in [1.165, 1.54) is 6.07 Å². The number of para-hydroxylation sites is 1. The highest BCUT2D eigenvalue weighted by atomic mass is 19.1. The van der Waals surface area contributed by atoms with Crippen LogP contribution in [0.1, 0.15) is 37.8 Å².